The molecule has 0 radical (unpaired) electrons. The van der Waals surface area contributed by atoms with Crippen molar-refractivity contribution in [2.24, 2.45) is 0 Å². The number of likely N-dealkylation sites (N-methyl/N-ethyl adjacent to an activating group) is 1. The molecule has 5 nitrogen and oxygen atoms in total. The number of aromatic nitrogens is 2. The molecule has 2 aromatic rings. The van der Waals surface area contributed by atoms with Crippen LogP contribution in [0.15, 0.2) is 35.7 Å². The summed E-state index contributed by atoms with van der Waals surface area (Å²) in [4.78, 5) is 21.4. The highest BCUT2D eigenvalue weighted by atomic mass is 32.2. The van der Waals surface area contributed by atoms with Gasteiger partial charge in [0.2, 0.25) is 5.91 Å². The summed E-state index contributed by atoms with van der Waals surface area (Å²) < 4.78 is 2.08. The number of hydrogen-bond donors (Lipinski definition) is 0. The van der Waals surface area contributed by atoms with Gasteiger partial charge in [0.1, 0.15) is 0 Å². The summed E-state index contributed by atoms with van der Waals surface area (Å²) >= 11 is 1.52. The van der Waals surface area contributed by atoms with Gasteiger partial charge in [-0.15, -0.1) is 0 Å². The molecule has 6 heteroatoms. The number of carbonyl (C=O) groups excluding carboxylic acids is 1. The monoisotopic (exact) mass is 372 g/mol. The van der Waals surface area contributed by atoms with Crippen LogP contribution in [0, 0.1) is 13.8 Å². The lowest BCUT2D eigenvalue weighted by molar-refractivity contribution is -0.130. The van der Waals surface area contributed by atoms with E-state index in [2.05, 4.69) is 60.6 Å². The lowest BCUT2D eigenvalue weighted by Crippen LogP contribution is -2.48. The van der Waals surface area contributed by atoms with E-state index in [0.717, 1.165) is 30.4 Å². The third-order valence-electron chi connectivity index (χ3n) is 5.04. The number of imidazole rings is 1. The zero-order valence-electron chi connectivity index (χ0n) is 16.1. The smallest absolute Gasteiger partial charge is 0.233 e. The van der Waals surface area contributed by atoms with Crippen LogP contribution in [0.4, 0.5) is 0 Å². The maximum atomic E-state index is 12.7. The molecule has 1 aromatic carbocycles. The van der Waals surface area contributed by atoms with Gasteiger partial charge in [-0.05, 0) is 58.0 Å². The van der Waals surface area contributed by atoms with Crippen LogP contribution in [0.3, 0.4) is 0 Å². The molecule has 2 heterocycles. The van der Waals surface area contributed by atoms with E-state index in [0.29, 0.717) is 11.8 Å². The van der Waals surface area contributed by atoms with Gasteiger partial charge in [0.15, 0.2) is 5.16 Å². The molecule has 1 fully saturated rings. The Morgan fingerprint density at radius 3 is 2.92 bits per heavy atom. The van der Waals surface area contributed by atoms with Crippen LogP contribution in [0.2, 0.25) is 0 Å². The first-order chi connectivity index (χ1) is 12.5. The molecule has 0 spiro atoms. The minimum atomic E-state index is 0.206. The van der Waals surface area contributed by atoms with Crippen LogP contribution in [0.25, 0.3) is 5.69 Å². The normalized spacial score (nSPS) is 17.7. The summed E-state index contributed by atoms with van der Waals surface area (Å²) in [7, 11) is 4.18. The number of likely N-dealkylation sites (tertiary alicyclic amines) is 1. The second-order valence-corrected chi connectivity index (χ2v) is 8.20. The van der Waals surface area contributed by atoms with Crippen LogP contribution in [-0.2, 0) is 4.79 Å². The van der Waals surface area contributed by atoms with Crippen molar-refractivity contribution in [1.82, 2.24) is 19.4 Å². The van der Waals surface area contributed by atoms with Gasteiger partial charge in [0.05, 0.1) is 11.4 Å². The zero-order chi connectivity index (χ0) is 18.7. The van der Waals surface area contributed by atoms with Gasteiger partial charge in [-0.1, -0.05) is 23.9 Å². The predicted octanol–water partition coefficient (Wildman–Crippen LogP) is 3.13. The third-order valence-corrected chi connectivity index (χ3v) is 5.99. The Morgan fingerprint density at radius 1 is 1.35 bits per heavy atom. The quantitative estimate of drug-likeness (QED) is 0.756. The van der Waals surface area contributed by atoms with E-state index in [9.17, 15) is 4.79 Å². The first-order valence-electron chi connectivity index (χ1n) is 9.13. The fraction of sp³-hybridized carbons (Fsp3) is 0.500. The lowest BCUT2D eigenvalue weighted by Gasteiger charge is -2.36. The van der Waals surface area contributed by atoms with E-state index < -0.39 is 0 Å². The number of amides is 1. The Bertz CT molecular complexity index is 771. The molecule has 0 bridgehead atoms. The van der Waals surface area contributed by atoms with Crippen molar-refractivity contribution in [2.45, 2.75) is 37.9 Å². The van der Waals surface area contributed by atoms with E-state index in [1.54, 1.807) is 6.20 Å². The minimum Gasteiger partial charge on any atom is -0.340 e. The Hall–Kier alpha value is -1.79. The van der Waals surface area contributed by atoms with Gasteiger partial charge >= 0.3 is 0 Å². The standard InChI is InChI=1S/C20H28N4OS/c1-15-7-8-16(2)18(12-15)24-11-9-21-20(24)26-14-19(25)23-10-5-6-17(13-23)22(3)4/h7-9,11-12,17H,5-6,10,13-14H2,1-4H3. The van der Waals surface area contributed by atoms with Gasteiger partial charge in [0.25, 0.3) is 0 Å². The Morgan fingerprint density at radius 2 is 2.15 bits per heavy atom. The van der Waals surface area contributed by atoms with Crippen molar-refractivity contribution >= 4 is 17.7 Å². The number of aryl methyl sites for hydroxylation is 2. The highest BCUT2D eigenvalue weighted by molar-refractivity contribution is 7.99. The molecule has 1 aromatic heterocycles. The van der Waals surface area contributed by atoms with E-state index in [1.807, 2.05) is 11.1 Å². The molecular weight excluding hydrogens is 344 g/mol. The number of benzene rings is 1. The second kappa shape index (κ2) is 8.27. The maximum Gasteiger partial charge on any atom is 0.233 e. The van der Waals surface area contributed by atoms with E-state index in [4.69, 9.17) is 0 Å². The fourth-order valence-electron chi connectivity index (χ4n) is 3.38. The van der Waals surface area contributed by atoms with E-state index in [1.165, 1.54) is 29.3 Å². The van der Waals surface area contributed by atoms with E-state index >= 15 is 0 Å². The molecule has 0 aliphatic carbocycles. The first kappa shape index (κ1) is 19.0. The summed E-state index contributed by atoms with van der Waals surface area (Å²) in [6.45, 7) is 5.89. The van der Waals surface area contributed by atoms with Crippen molar-refractivity contribution in [3.05, 3.63) is 41.7 Å². The summed E-state index contributed by atoms with van der Waals surface area (Å²) in [5, 5.41) is 0.869. The highest BCUT2D eigenvalue weighted by Gasteiger charge is 2.25. The van der Waals surface area contributed by atoms with Gasteiger partial charge in [-0.3, -0.25) is 9.36 Å². The molecule has 1 atom stereocenters. The molecule has 1 unspecified atom stereocenters. The number of piperidine rings is 1. The molecule has 0 saturated carbocycles. The minimum absolute atomic E-state index is 0.206. The number of nitrogens with zero attached hydrogens (tertiary/aromatic N) is 4. The lowest BCUT2D eigenvalue weighted by atomic mass is 10.1. The van der Waals surface area contributed by atoms with Gasteiger partial charge in [-0.2, -0.15) is 0 Å². The highest BCUT2D eigenvalue weighted by Crippen LogP contribution is 2.24. The Balaban J connectivity index is 1.67. The van der Waals surface area contributed by atoms with Crippen molar-refractivity contribution in [3.63, 3.8) is 0 Å². The van der Waals surface area contributed by atoms with Crippen LogP contribution < -0.4 is 0 Å². The van der Waals surface area contributed by atoms with Crippen molar-refractivity contribution in [2.75, 3.05) is 32.9 Å². The molecule has 140 valence electrons. The van der Waals surface area contributed by atoms with Gasteiger partial charge in [-0.25, -0.2) is 4.98 Å². The predicted molar refractivity (Wildman–Crippen MR) is 107 cm³/mol. The molecule has 1 saturated heterocycles. The number of hydrogen-bond acceptors (Lipinski definition) is 4. The SMILES string of the molecule is Cc1ccc(C)c(-n2ccnc2SCC(=O)N2CCCC(N(C)C)C2)c1. The molecule has 26 heavy (non-hydrogen) atoms. The van der Waals surface area contributed by atoms with Crippen molar-refractivity contribution in [1.29, 1.82) is 0 Å². The van der Waals surface area contributed by atoms with Crippen LogP contribution in [0.1, 0.15) is 24.0 Å². The third kappa shape index (κ3) is 4.30. The number of thioether (sulfide) groups is 1. The van der Waals surface area contributed by atoms with Crippen LogP contribution in [0.5, 0.6) is 0 Å². The molecule has 1 aliphatic rings. The van der Waals surface area contributed by atoms with Crippen LogP contribution in [-0.4, -0.2) is 64.2 Å². The van der Waals surface area contributed by atoms with Gasteiger partial charge in [0, 0.05) is 31.5 Å². The Kier molecular flexibility index (Phi) is 6.04. The van der Waals surface area contributed by atoms with Crippen LogP contribution >= 0.6 is 11.8 Å². The first-order valence-corrected chi connectivity index (χ1v) is 10.1. The average molecular weight is 373 g/mol. The number of rotatable bonds is 5. The topological polar surface area (TPSA) is 41.4 Å². The van der Waals surface area contributed by atoms with Gasteiger partial charge < -0.3 is 9.80 Å². The summed E-state index contributed by atoms with van der Waals surface area (Å²) in [6.07, 6.45) is 6.02. The summed E-state index contributed by atoms with van der Waals surface area (Å²) in [5.41, 5.74) is 3.55. The average Bonchev–Trinajstić information content (AvgIpc) is 3.10. The maximum absolute atomic E-state index is 12.7. The Labute approximate surface area is 160 Å². The van der Waals surface area contributed by atoms with Crippen molar-refractivity contribution in [3.8, 4) is 5.69 Å². The summed E-state index contributed by atoms with van der Waals surface area (Å²) in [6, 6.07) is 6.87. The molecule has 1 aliphatic heterocycles. The largest absolute Gasteiger partial charge is 0.340 e. The number of carbonyl (C=O) groups is 1. The molecule has 3 rings (SSSR count). The molecular formula is C20H28N4OS. The zero-order valence-corrected chi connectivity index (χ0v) is 16.9. The fourth-order valence-corrected chi connectivity index (χ4v) is 4.25. The molecule has 0 N–H and O–H groups in total. The van der Waals surface area contributed by atoms with Crippen molar-refractivity contribution < 1.29 is 4.79 Å². The summed E-state index contributed by atoms with van der Waals surface area (Å²) in [5.74, 6) is 0.638. The molecule has 1 amide bonds. The second-order valence-electron chi connectivity index (χ2n) is 7.26. The van der Waals surface area contributed by atoms with E-state index in [-0.39, 0.29) is 5.91 Å².